The number of anilines is 1. The van der Waals surface area contributed by atoms with Crippen molar-refractivity contribution < 1.29 is 8.42 Å². The summed E-state index contributed by atoms with van der Waals surface area (Å²) in [6.07, 6.45) is 0.919. The molecule has 0 saturated heterocycles. The summed E-state index contributed by atoms with van der Waals surface area (Å²) < 4.78 is 26.4. The molecule has 0 amide bonds. The molecule has 0 aromatic heterocycles. The molecule has 0 heterocycles. The molecule has 1 aromatic carbocycles. The van der Waals surface area contributed by atoms with Gasteiger partial charge in [0.25, 0.3) is 0 Å². The van der Waals surface area contributed by atoms with E-state index in [1.807, 2.05) is 19.1 Å². The number of thiocarbonyl (C=S) groups is 1. The lowest BCUT2D eigenvalue weighted by Gasteiger charge is -2.14. The van der Waals surface area contributed by atoms with Gasteiger partial charge in [-0.1, -0.05) is 25.2 Å². The summed E-state index contributed by atoms with van der Waals surface area (Å²) >= 11 is 4.71. The van der Waals surface area contributed by atoms with Gasteiger partial charge in [0, 0.05) is 5.69 Å². The second-order valence-corrected chi connectivity index (χ2v) is 6.66. The van der Waals surface area contributed by atoms with Crippen LogP contribution in [0.1, 0.15) is 25.0 Å². The predicted octanol–water partition coefficient (Wildman–Crippen LogP) is 1.97. The fraction of sp³-hybridized carbons (Fsp3) is 0.417. The summed E-state index contributed by atoms with van der Waals surface area (Å²) in [6, 6.07) is 5.47. The van der Waals surface area contributed by atoms with Gasteiger partial charge in [0.2, 0.25) is 10.0 Å². The van der Waals surface area contributed by atoms with Crippen molar-refractivity contribution in [2.45, 2.75) is 32.4 Å². The molecular formula is C12H18N2O2S2. The second kappa shape index (κ2) is 5.67. The number of benzene rings is 1. The van der Waals surface area contributed by atoms with E-state index in [0.717, 1.165) is 12.0 Å². The summed E-state index contributed by atoms with van der Waals surface area (Å²) in [4.78, 5) is -0.0376. The molecular weight excluding hydrogens is 268 g/mol. The zero-order valence-corrected chi connectivity index (χ0v) is 12.4. The van der Waals surface area contributed by atoms with Crippen LogP contribution in [0.4, 0.5) is 5.69 Å². The Balaban J connectivity index is 2.98. The Morgan fingerprint density at radius 1 is 1.50 bits per heavy atom. The van der Waals surface area contributed by atoms with E-state index in [4.69, 9.17) is 18.0 Å². The Morgan fingerprint density at radius 2 is 2.11 bits per heavy atom. The average molecular weight is 286 g/mol. The zero-order chi connectivity index (χ0) is 13.9. The van der Waals surface area contributed by atoms with Crippen molar-refractivity contribution in [3.05, 3.63) is 29.3 Å². The minimum Gasteiger partial charge on any atom is -0.392 e. The van der Waals surface area contributed by atoms with E-state index in [9.17, 15) is 8.42 Å². The van der Waals surface area contributed by atoms with Gasteiger partial charge in [-0.3, -0.25) is 4.72 Å². The predicted molar refractivity (Wildman–Crippen MR) is 79.3 cm³/mol. The first kappa shape index (κ1) is 14.9. The molecule has 1 aromatic rings. The molecule has 6 heteroatoms. The van der Waals surface area contributed by atoms with Crippen LogP contribution in [-0.2, 0) is 16.4 Å². The second-order valence-electron chi connectivity index (χ2n) is 4.19. The molecule has 0 saturated carbocycles. The lowest BCUT2D eigenvalue weighted by molar-refractivity contribution is 0.598. The van der Waals surface area contributed by atoms with Gasteiger partial charge < -0.3 is 5.73 Å². The molecule has 0 aliphatic rings. The van der Waals surface area contributed by atoms with Gasteiger partial charge in [-0.05, 0) is 43.5 Å². The van der Waals surface area contributed by atoms with Crippen LogP contribution in [0.15, 0.2) is 18.2 Å². The molecule has 100 valence electrons. The monoisotopic (exact) mass is 286 g/mol. The number of rotatable bonds is 5. The topological polar surface area (TPSA) is 72.2 Å². The third kappa shape index (κ3) is 3.43. The van der Waals surface area contributed by atoms with Crippen LogP contribution in [-0.4, -0.2) is 18.7 Å². The van der Waals surface area contributed by atoms with Crippen LogP contribution < -0.4 is 10.5 Å². The third-order valence-corrected chi connectivity index (χ3v) is 5.06. The number of aryl methyl sites for hydroxylation is 2. The summed E-state index contributed by atoms with van der Waals surface area (Å²) in [5, 5.41) is -0.890. The zero-order valence-electron chi connectivity index (χ0n) is 10.7. The minimum absolute atomic E-state index is 0.0376. The smallest absolute Gasteiger partial charge is 0.241 e. The van der Waals surface area contributed by atoms with Crippen molar-refractivity contribution >= 4 is 32.9 Å². The quantitative estimate of drug-likeness (QED) is 0.812. The number of hydrogen-bond donors (Lipinski definition) is 2. The molecule has 0 fully saturated rings. The highest BCUT2D eigenvalue weighted by Crippen LogP contribution is 2.18. The SMILES string of the molecule is CCc1ccc(NS(=O)(=O)C(C)C(N)=S)cc1C. The maximum absolute atomic E-state index is 11.9. The maximum Gasteiger partial charge on any atom is 0.241 e. The van der Waals surface area contributed by atoms with Gasteiger partial charge in [-0.25, -0.2) is 8.42 Å². The molecule has 4 nitrogen and oxygen atoms in total. The maximum atomic E-state index is 11.9. The van der Waals surface area contributed by atoms with E-state index in [-0.39, 0.29) is 4.99 Å². The first-order valence-electron chi connectivity index (χ1n) is 5.68. The normalized spacial score (nSPS) is 13.1. The number of nitrogens with two attached hydrogens (primary N) is 1. The standard InChI is InChI=1S/C12H18N2O2S2/c1-4-10-5-6-11(7-8(10)2)14-18(15,16)9(3)12(13)17/h5-7,9,14H,4H2,1-3H3,(H2,13,17). The number of nitrogens with one attached hydrogen (secondary N) is 1. The minimum atomic E-state index is -3.57. The van der Waals surface area contributed by atoms with E-state index in [1.54, 1.807) is 6.07 Å². The van der Waals surface area contributed by atoms with Crippen LogP contribution in [0, 0.1) is 6.92 Å². The molecule has 0 bridgehead atoms. The highest BCUT2D eigenvalue weighted by atomic mass is 32.2. The Hall–Kier alpha value is -1.14. The Labute approximate surface area is 114 Å². The molecule has 18 heavy (non-hydrogen) atoms. The molecule has 0 radical (unpaired) electrons. The average Bonchev–Trinajstić information content (AvgIpc) is 2.27. The highest BCUT2D eigenvalue weighted by molar-refractivity contribution is 7.95. The van der Waals surface area contributed by atoms with E-state index in [1.165, 1.54) is 12.5 Å². The molecule has 1 unspecified atom stereocenters. The van der Waals surface area contributed by atoms with Crippen molar-refractivity contribution in [1.29, 1.82) is 0 Å². The summed E-state index contributed by atoms with van der Waals surface area (Å²) in [7, 11) is -3.57. The van der Waals surface area contributed by atoms with E-state index in [2.05, 4.69) is 11.6 Å². The molecule has 1 atom stereocenters. The summed E-state index contributed by atoms with van der Waals surface area (Å²) in [5.74, 6) is 0. The van der Waals surface area contributed by atoms with Crippen molar-refractivity contribution in [3.8, 4) is 0 Å². The lowest BCUT2D eigenvalue weighted by atomic mass is 10.1. The van der Waals surface area contributed by atoms with E-state index >= 15 is 0 Å². The molecule has 0 aliphatic heterocycles. The van der Waals surface area contributed by atoms with Gasteiger partial charge in [0.15, 0.2) is 0 Å². The van der Waals surface area contributed by atoms with E-state index < -0.39 is 15.3 Å². The van der Waals surface area contributed by atoms with Crippen LogP contribution >= 0.6 is 12.2 Å². The number of hydrogen-bond acceptors (Lipinski definition) is 3. The molecule has 0 aliphatic carbocycles. The molecule has 1 rings (SSSR count). The first-order valence-corrected chi connectivity index (χ1v) is 7.64. The fourth-order valence-corrected chi connectivity index (χ4v) is 2.88. The Kier molecular flexibility index (Phi) is 4.70. The molecule has 3 N–H and O–H groups in total. The van der Waals surface area contributed by atoms with Crippen molar-refractivity contribution in [1.82, 2.24) is 0 Å². The van der Waals surface area contributed by atoms with Gasteiger partial charge in [0.05, 0.1) is 4.99 Å². The van der Waals surface area contributed by atoms with Gasteiger partial charge in [0.1, 0.15) is 5.25 Å². The van der Waals surface area contributed by atoms with Crippen LogP contribution in [0.2, 0.25) is 0 Å². The van der Waals surface area contributed by atoms with Crippen LogP contribution in [0.25, 0.3) is 0 Å². The first-order chi connectivity index (χ1) is 8.27. The lowest BCUT2D eigenvalue weighted by Crippen LogP contribution is -2.35. The van der Waals surface area contributed by atoms with E-state index in [0.29, 0.717) is 5.69 Å². The van der Waals surface area contributed by atoms with Crippen molar-refractivity contribution in [3.63, 3.8) is 0 Å². The third-order valence-electron chi connectivity index (χ3n) is 2.85. The van der Waals surface area contributed by atoms with Gasteiger partial charge >= 0.3 is 0 Å². The van der Waals surface area contributed by atoms with Gasteiger partial charge in [-0.15, -0.1) is 0 Å². The Bertz CT molecular complexity index is 553. The van der Waals surface area contributed by atoms with Crippen molar-refractivity contribution in [2.75, 3.05) is 4.72 Å². The highest BCUT2D eigenvalue weighted by Gasteiger charge is 2.23. The Morgan fingerprint density at radius 3 is 2.56 bits per heavy atom. The number of sulfonamides is 1. The van der Waals surface area contributed by atoms with Crippen LogP contribution in [0.5, 0.6) is 0 Å². The van der Waals surface area contributed by atoms with Crippen molar-refractivity contribution in [2.24, 2.45) is 5.73 Å². The fourth-order valence-electron chi connectivity index (χ4n) is 1.56. The van der Waals surface area contributed by atoms with Crippen LogP contribution in [0.3, 0.4) is 0 Å². The summed E-state index contributed by atoms with van der Waals surface area (Å²) in [6.45, 7) is 5.48. The molecule has 0 spiro atoms. The largest absolute Gasteiger partial charge is 0.392 e. The summed E-state index contributed by atoms with van der Waals surface area (Å²) in [5.41, 5.74) is 8.15. The van der Waals surface area contributed by atoms with Gasteiger partial charge in [-0.2, -0.15) is 0 Å².